The Labute approximate surface area is 43.8 Å². The second kappa shape index (κ2) is 1.96. The number of hydrazone groups is 1. The Morgan fingerprint density at radius 1 is 1.71 bits per heavy atom. The van der Waals surface area contributed by atoms with E-state index in [1.807, 2.05) is 6.21 Å². The molecule has 1 aliphatic heterocycles. The Morgan fingerprint density at radius 2 is 2.57 bits per heavy atom. The van der Waals surface area contributed by atoms with Crippen LogP contribution in [0.5, 0.6) is 0 Å². The molecule has 0 N–H and O–H groups in total. The van der Waals surface area contributed by atoms with Crippen LogP contribution in [0.1, 0.15) is 12.8 Å². The third kappa shape index (κ3) is 1.18. The maximum atomic E-state index is 3.93. The predicted octanol–water partition coefficient (Wildman–Crippen LogP) is 0.860. The van der Waals surface area contributed by atoms with Crippen molar-refractivity contribution in [3.8, 4) is 0 Å². The lowest BCUT2D eigenvalue weighted by molar-refractivity contribution is 0.374. The molecule has 0 atom stereocenters. The van der Waals surface area contributed by atoms with Gasteiger partial charge in [0.2, 0.25) is 0 Å². The van der Waals surface area contributed by atoms with E-state index in [2.05, 4.69) is 12.1 Å². The van der Waals surface area contributed by atoms with Crippen LogP contribution in [0.3, 0.4) is 0 Å². The van der Waals surface area contributed by atoms with Crippen LogP contribution in [0.2, 0.25) is 0 Å². The van der Waals surface area contributed by atoms with Crippen molar-refractivity contribution < 1.29 is 0 Å². The highest BCUT2D eigenvalue weighted by molar-refractivity contribution is 5.57. The summed E-state index contributed by atoms with van der Waals surface area (Å²) in [4.78, 5) is 0. The van der Waals surface area contributed by atoms with Gasteiger partial charge in [0, 0.05) is 12.8 Å². The van der Waals surface area contributed by atoms with Crippen molar-refractivity contribution in [2.45, 2.75) is 12.8 Å². The minimum atomic E-state index is 1.01. The standard InChI is InChI=1S/C5H9N2/c1-7-5-3-2-4-6-7/h4H,1-3,5H2. The molecule has 0 unspecified atom stereocenters. The molecule has 1 aliphatic rings. The maximum Gasteiger partial charge on any atom is 0.0552 e. The second-order valence-corrected chi connectivity index (χ2v) is 1.67. The van der Waals surface area contributed by atoms with Gasteiger partial charge in [0.05, 0.1) is 7.05 Å². The largest absolute Gasteiger partial charge is 0.296 e. The van der Waals surface area contributed by atoms with Crippen molar-refractivity contribution in [1.82, 2.24) is 5.01 Å². The summed E-state index contributed by atoms with van der Waals surface area (Å²) in [6.07, 6.45) is 4.22. The van der Waals surface area contributed by atoms with Crippen LogP contribution in [0, 0.1) is 7.05 Å². The summed E-state index contributed by atoms with van der Waals surface area (Å²) < 4.78 is 0. The summed E-state index contributed by atoms with van der Waals surface area (Å²) in [6.45, 7) is 1.01. The maximum absolute atomic E-state index is 3.93. The van der Waals surface area contributed by atoms with Gasteiger partial charge in [0.25, 0.3) is 0 Å². The molecule has 0 aromatic rings. The fourth-order valence-corrected chi connectivity index (χ4v) is 0.596. The fourth-order valence-electron chi connectivity index (χ4n) is 0.596. The van der Waals surface area contributed by atoms with Crippen LogP contribution in [0.15, 0.2) is 5.10 Å². The van der Waals surface area contributed by atoms with Crippen molar-refractivity contribution in [3.05, 3.63) is 7.05 Å². The fraction of sp³-hybridized carbons (Fsp3) is 0.600. The number of nitrogens with zero attached hydrogens (tertiary/aromatic N) is 2. The van der Waals surface area contributed by atoms with Crippen LogP contribution in [-0.4, -0.2) is 17.8 Å². The molecule has 0 fully saturated rings. The molecule has 7 heavy (non-hydrogen) atoms. The number of hydrogen-bond donors (Lipinski definition) is 0. The van der Waals surface area contributed by atoms with E-state index in [0.717, 1.165) is 13.0 Å². The predicted molar refractivity (Wildman–Crippen MR) is 29.8 cm³/mol. The van der Waals surface area contributed by atoms with Crippen molar-refractivity contribution in [3.63, 3.8) is 0 Å². The number of hydrogen-bond acceptors (Lipinski definition) is 2. The average Bonchev–Trinajstić information content (AvgIpc) is 1.69. The van der Waals surface area contributed by atoms with E-state index < -0.39 is 0 Å². The van der Waals surface area contributed by atoms with Gasteiger partial charge in [-0.05, 0) is 12.8 Å². The van der Waals surface area contributed by atoms with Crippen LogP contribution in [0.4, 0.5) is 0 Å². The molecule has 1 rings (SSSR count). The SMILES string of the molecule is [CH2]N1CCCC=N1. The molecule has 1 heterocycles. The monoisotopic (exact) mass is 97.1 g/mol. The van der Waals surface area contributed by atoms with Gasteiger partial charge in [-0.25, -0.2) is 0 Å². The van der Waals surface area contributed by atoms with Crippen molar-refractivity contribution in [2.75, 3.05) is 6.54 Å². The zero-order valence-electron chi connectivity index (χ0n) is 4.30. The van der Waals surface area contributed by atoms with E-state index >= 15 is 0 Å². The molecule has 0 aromatic heterocycles. The summed E-state index contributed by atoms with van der Waals surface area (Å²) in [7, 11) is 3.63. The van der Waals surface area contributed by atoms with E-state index in [-0.39, 0.29) is 0 Å². The lowest BCUT2D eigenvalue weighted by Crippen LogP contribution is -2.13. The summed E-state index contributed by atoms with van der Waals surface area (Å²) >= 11 is 0. The third-order valence-corrected chi connectivity index (χ3v) is 0.994. The molecular formula is C5H9N2. The van der Waals surface area contributed by atoms with E-state index in [9.17, 15) is 0 Å². The summed E-state index contributed by atoms with van der Waals surface area (Å²) in [5, 5.41) is 5.64. The average molecular weight is 97.1 g/mol. The van der Waals surface area contributed by atoms with Crippen LogP contribution in [0.25, 0.3) is 0 Å². The van der Waals surface area contributed by atoms with Gasteiger partial charge < -0.3 is 0 Å². The lowest BCUT2D eigenvalue weighted by atomic mass is 10.3. The molecule has 0 aromatic carbocycles. The Hall–Kier alpha value is -0.530. The molecule has 39 valence electrons. The lowest BCUT2D eigenvalue weighted by Gasteiger charge is -2.14. The van der Waals surface area contributed by atoms with Crippen LogP contribution < -0.4 is 0 Å². The van der Waals surface area contributed by atoms with Crippen molar-refractivity contribution in [1.29, 1.82) is 0 Å². The second-order valence-electron chi connectivity index (χ2n) is 1.67. The van der Waals surface area contributed by atoms with Gasteiger partial charge in [-0.3, -0.25) is 5.01 Å². The molecule has 2 heteroatoms. The van der Waals surface area contributed by atoms with Gasteiger partial charge >= 0.3 is 0 Å². The van der Waals surface area contributed by atoms with Gasteiger partial charge in [-0.15, -0.1) is 0 Å². The summed E-state index contributed by atoms with van der Waals surface area (Å²) in [5.41, 5.74) is 0. The molecule has 0 saturated heterocycles. The van der Waals surface area contributed by atoms with Gasteiger partial charge in [0.1, 0.15) is 0 Å². The first-order chi connectivity index (χ1) is 3.39. The summed E-state index contributed by atoms with van der Waals surface area (Å²) in [6, 6.07) is 0. The van der Waals surface area contributed by atoms with Gasteiger partial charge in [0.15, 0.2) is 0 Å². The molecule has 1 radical (unpaired) electrons. The zero-order valence-corrected chi connectivity index (χ0v) is 4.30. The normalized spacial score (nSPS) is 20.4. The van der Waals surface area contributed by atoms with Crippen LogP contribution >= 0.6 is 0 Å². The molecule has 0 aliphatic carbocycles. The van der Waals surface area contributed by atoms with E-state index in [4.69, 9.17) is 0 Å². The molecular weight excluding hydrogens is 88.1 g/mol. The van der Waals surface area contributed by atoms with E-state index in [1.165, 1.54) is 6.42 Å². The van der Waals surface area contributed by atoms with Gasteiger partial charge in [-0.2, -0.15) is 5.10 Å². The minimum Gasteiger partial charge on any atom is -0.296 e. The number of rotatable bonds is 0. The quantitative estimate of drug-likeness (QED) is 0.437. The van der Waals surface area contributed by atoms with Gasteiger partial charge in [-0.1, -0.05) is 0 Å². The first kappa shape index (κ1) is 4.62. The summed E-state index contributed by atoms with van der Waals surface area (Å²) in [5.74, 6) is 0. The Kier molecular flexibility index (Phi) is 1.29. The Bertz CT molecular complexity index is 78.1. The highest BCUT2D eigenvalue weighted by Crippen LogP contribution is 1.97. The van der Waals surface area contributed by atoms with E-state index in [1.54, 1.807) is 5.01 Å². The first-order valence-corrected chi connectivity index (χ1v) is 2.50. The van der Waals surface area contributed by atoms with Crippen LogP contribution in [-0.2, 0) is 0 Å². The highest BCUT2D eigenvalue weighted by atomic mass is 15.4. The van der Waals surface area contributed by atoms with E-state index in [0.29, 0.717) is 0 Å². The molecule has 0 spiro atoms. The molecule has 2 nitrogen and oxygen atoms in total. The first-order valence-electron chi connectivity index (χ1n) is 2.50. The van der Waals surface area contributed by atoms with Crippen molar-refractivity contribution in [2.24, 2.45) is 5.10 Å². The highest BCUT2D eigenvalue weighted by Gasteiger charge is 1.95. The zero-order chi connectivity index (χ0) is 5.11. The third-order valence-electron chi connectivity index (χ3n) is 0.994. The minimum absolute atomic E-state index is 1.01. The molecule has 0 bridgehead atoms. The Morgan fingerprint density at radius 3 is 2.86 bits per heavy atom. The Balaban J connectivity index is 2.36. The molecule has 0 saturated carbocycles. The van der Waals surface area contributed by atoms with Crippen molar-refractivity contribution >= 4 is 6.21 Å². The topological polar surface area (TPSA) is 15.6 Å². The molecule has 0 amide bonds. The smallest absolute Gasteiger partial charge is 0.0552 e.